The molecule has 0 spiro atoms. The molecule has 18 heavy (non-hydrogen) atoms. The van der Waals surface area contributed by atoms with Gasteiger partial charge in [-0.3, -0.25) is 0 Å². The minimum Gasteiger partial charge on any atom is -0.307 e. The van der Waals surface area contributed by atoms with Gasteiger partial charge in [-0.25, -0.2) is 0 Å². The minimum atomic E-state index is 0.501. The molecule has 102 valence electrons. The summed E-state index contributed by atoms with van der Waals surface area (Å²) in [6, 6.07) is 6.26. The summed E-state index contributed by atoms with van der Waals surface area (Å²) in [7, 11) is 0. The topological polar surface area (TPSA) is 15.3 Å². The standard InChI is InChI=1S/C15H26N2S/c1-12(2)17-9-4-6-14(8-10-17)16-13(3)15-7-5-11-18-15/h5,7,11-14,16H,4,6,8-10H2,1-3H3/t13-,14?/m0/s1. The van der Waals surface area contributed by atoms with Crippen LogP contribution in [0.2, 0.25) is 0 Å². The van der Waals surface area contributed by atoms with Crippen molar-refractivity contribution in [1.29, 1.82) is 0 Å². The number of hydrogen-bond donors (Lipinski definition) is 1. The first-order chi connectivity index (χ1) is 8.66. The first kappa shape index (κ1) is 14.0. The molecule has 0 aromatic carbocycles. The Morgan fingerprint density at radius 3 is 2.78 bits per heavy atom. The molecule has 1 unspecified atom stereocenters. The lowest BCUT2D eigenvalue weighted by Gasteiger charge is -2.25. The third kappa shape index (κ3) is 3.81. The van der Waals surface area contributed by atoms with Crippen molar-refractivity contribution in [2.75, 3.05) is 13.1 Å². The van der Waals surface area contributed by atoms with Crippen LogP contribution in [0.4, 0.5) is 0 Å². The van der Waals surface area contributed by atoms with Crippen LogP contribution >= 0.6 is 11.3 Å². The van der Waals surface area contributed by atoms with Gasteiger partial charge in [-0.2, -0.15) is 0 Å². The summed E-state index contributed by atoms with van der Waals surface area (Å²) in [4.78, 5) is 4.07. The summed E-state index contributed by atoms with van der Waals surface area (Å²) in [5.41, 5.74) is 0. The van der Waals surface area contributed by atoms with Crippen molar-refractivity contribution in [1.82, 2.24) is 10.2 Å². The Balaban J connectivity index is 1.83. The summed E-state index contributed by atoms with van der Waals surface area (Å²) in [6.45, 7) is 9.41. The zero-order valence-electron chi connectivity index (χ0n) is 11.9. The van der Waals surface area contributed by atoms with Crippen LogP contribution in [-0.4, -0.2) is 30.1 Å². The Bertz CT molecular complexity index is 334. The quantitative estimate of drug-likeness (QED) is 0.894. The fraction of sp³-hybridized carbons (Fsp3) is 0.733. The van der Waals surface area contributed by atoms with Crippen molar-refractivity contribution >= 4 is 11.3 Å². The van der Waals surface area contributed by atoms with Crippen molar-refractivity contribution in [3.63, 3.8) is 0 Å². The van der Waals surface area contributed by atoms with Gasteiger partial charge in [-0.05, 0) is 64.6 Å². The second kappa shape index (κ2) is 6.69. The van der Waals surface area contributed by atoms with E-state index in [1.807, 2.05) is 11.3 Å². The van der Waals surface area contributed by atoms with Gasteiger partial charge in [-0.15, -0.1) is 11.3 Å². The van der Waals surface area contributed by atoms with Gasteiger partial charge in [-0.1, -0.05) is 6.07 Å². The van der Waals surface area contributed by atoms with Gasteiger partial charge < -0.3 is 10.2 Å². The average molecular weight is 266 g/mol. The summed E-state index contributed by atoms with van der Waals surface area (Å²) in [5, 5.41) is 5.97. The second-order valence-electron chi connectivity index (χ2n) is 5.66. The summed E-state index contributed by atoms with van der Waals surface area (Å²) in [6.07, 6.45) is 3.93. The lowest BCUT2D eigenvalue weighted by atomic mass is 10.1. The van der Waals surface area contributed by atoms with Gasteiger partial charge in [0.1, 0.15) is 0 Å². The third-order valence-corrected chi connectivity index (χ3v) is 5.00. The zero-order valence-corrected chi connectivity index (χ0v) is 12.7. The minimum absolute atomic E-state index is 0.501. The van der Waals surface area contributed by atoms with Gasteiger partial charge >= 0.3 is 0 Å². The number of hydrogen-bond acceptors (Lipinski definition) is 3. The largest absolute Gasteiger partial charge is 0.307 e. The van der Waals surface area contributed by atoms with Crippen molar-refractivity contribution < 1.29 is 0 Å². The summed E-state index contributed by atoms with van der Waals surface area (Å²) >= 11 is 1.86. The molecular weight excluding hydrogens is 240 g/mol. The maximum atomic E-state index is 3.80. The van der Waals surface area contributed by atoms with E-state index in [0.717, 1.165) is 0 Å². The second-order valence-corrected chi connectivity index (χ2v) is 6.64. The van der Waals surface area contributed by atoms with Gasteiger partial charge in [0.05, 0.1) is 0 Å². The smallest absolute Gasteiger partial charge is 0.0388 e. The fourth-order valence-corrected chi connectivity index (χ4v) is 3.52. The molecule has 0 aliphatic carbocycles. The van der Waals surface area contributed by atoms with Crippen LogP contribution < -0.4 is 5.32 Å². The maximum absolute atomic E-state index is 3.80. The molecule has 2 rings (SSSR count). The molecule has 2 heterocycles. The number of nitrogens with one attached hydrogen (secondary N) is 1. The molecule has 1 N–H and O–H groups in total. The van der Waals surface area contributed by atoms with Gasteiger partial charge in [0.15, 0.2) is 0 Å². The first-order valence-corrected chi connectivity index (χ1v) is 8.08. The predicted molar refractivity (Wildman–Crippen MR) is 80.2 cm³/mol. The molecule has 1 aliphatic rings. The van der Waals surface area contributed by atoms with Gasteiger partial charge in [0.25, 0.3) is 0 Å². The van der Waals surface area contributed by atoms with Crippen LogP contribution in [0, 0.1) is 0 Å². The van der Waals surface area contributed by atoms with Crippen LogP contribution in [-0.2, 0) is 0 Å². The Labute approximate surface area is 115 Å². The van der Waals surface area contributed by atoms with E-state index in [9.17, 15) is 0 Å². The molecule has 3 heteroatoms. The molecular formula is C15H26N2S. The van der Waals surface area contributed by atoms with E-state index in [2.05, 4.69) is 48.5 Å². The Hall–Kier alpha value is -0.380. The molecule has 1 saturated heterocycles. The van der Waals surface area contributed by atoms with Crippen molar-refractivity contribution in [2.24, 2.45) is 0 Å². The van der Waals surface area contributed by atoms with Crippen molar-refractivity contribution in [2.45, 2.75) is 58.2 Å². The SMILES string of the molecule is CC(C)N1CCCC(N[C@@H](C)c2cccs2)CC1. The van der Waals surface area contributed by atoms with Crippen LogP contribution in [0.25, 0.3) is 0 Å². The Morgan fingerprint density at radius 2 is 2.11 bits per heavy atom. The normalized spacial score (nSPS) is 24.1. The maximum Gasteiger partial charge on any atom is 0.0388 e. The summed E-state index contributed by atoms with van der Waals surface area (Å²) < 4.78 is 0. The molecule has 2 nitrogen and oxygen atoms in total. The summed E-state index contributed by atoms with van der Waals surface area (Å²) in [5.74, 6) is 0. The van der Waals surface area contributed by atoms with E-state index in [1.165, 1.54) is 37.2 Å². The highest BCUT2D eigenvalue weighted by Gasteiger charge is 2.20. The number of nitrogens with zero attached hydrogens (tertiary/aromatic N) is 1. The molecule has 1 aliphatic heterocycles. The average Bonchev–Trinajstić information content (AvgIpc) is 2.77. The lowest BCUT2D eigenvalue weighted by molar-refractivity contribution is 0.228. The Kier molecular flexibility index (Phi) is 5.22. The molecule has 1 aromatic heterocycles. The number of rotatable bonds is 4. The lowest BCUT2D eigenvalue weighted by Crippen LogP contribution is -2.34. The van der Waals surface area contributed by atoms with E-state index in [-0.39, 0.29) is 0 Å². The number of likely N-dealkylation sites (tertiary alicyclic amines) is 1. The zero-order chi connectivity index (χ0) is 13.0. The monoisotopic (exact) mass is 266 g/mol. The van der Waals surface area contributed by atoms with Crippen LogP contribution in [0.5, 0.6) is 0 Å². The van der Waals surface area contributed by atoms with Crippen molar-refractivity contribution in [3.8, 4) is 0 Å². The number of thiophene rings is 1. The van der Waals surface area contributed by atoms with E-state index < -0.39 is 0 Å². The van der Waals surface area contributed by atoms with E-state index >= 15 is 0 Å². The highest BCUT2D eigenvalue weighted by Crippen LogP contribution is 2.21. The van der Waals surface area contributed by atoms with Crippen LogP contribution in [0.3, 0.4) is 0 Å². The molecule has 0 bridgehead atoms. The molecule has 1 fully saturated rings. The predicted octanol–water partition coefficient (Wildman–Crippen LogP) is 3.66. The molecule has 2 atom stereocenters. The highest BCUT2D eigenvalue weighted by molar-refractivity contribution is 7.10. The van der Waals surface area contributed by atoms with E-state index in [1.54, 1.807) is 0 Å². The molecule has 1 aromatic rings. The van der Waals surface area contributed by atoms with Crippen LogP contribution in [0.15, 0.2) is 17.5 Å². The first-order valence-electron chi connectivity index (χ1n) is 7.20. The fourth-order valence-electron chi connectivity index (χ4n) is 2.77. The van der Waals surface area contributed by atoms with Gasteiger partial charge in [0, 0.05) is 23.0 Å². The molecule has 0 amide bonds. The third-order valence-electron chi connectivity index (χ3n) is 3.95. The van der Waals surface area contributed by atoms with Crippen LogP contribution in [0.1, 0.15) is 51.0 Å². The van der Waals surface area contributed by atoms with E-state index in [4.69, 9.17) is 0 Å². The Morgan fingerprint density at radius 1 is 1.28 bits per heavy atom. The highest BCUT2D eigenvalue weighted by atomic mass is 32.1. The van der Waals surface area contributed by atoms with E-state index in [0.29, 0.717) is 18.1 Å². The van der Waals surface area contributed by atoms with Crippen molar-refractivity contribution in [3.05, 3.63) is 22.4 Å². The molecule has 0 saturated carbocycles. The van der Waals surface area contributed by atoms with Gasteiger partial charge in [0.2, 0.25) is 0 Å². The molecule has 0 radical (unpaired) electrons.